The summed E-state index contributed by atoms with van der Waals surface area (Å²) in [5, 5.41) is 5.06. The highest BCUT2D eigenvalue weighted by atomic mass is 35.5. The van der Waals surface area contributed by atoms with Crippen LogP contribution in [0.4, 0.5) is 0 Å². The van der Waals surface area contributed by atoms with Crippen LogP contribution in [0.25, 0.3) is 0 Å². The predicted molar refractivity (Wildman–Crippen MR) is 71.7 cm³/mol. The van der Waals surface area contributed by atoms with Crippen molar-refractivity contribution in [3.8, 4) is 0 Å². The topological polar surface area (TPSA) is 51.8 Å². The van der Waals surface area contributed by atoms with E-state index in [-0.39, 0.29) is 6.04 Å². The summed E-state index contributed by atoms with van der Waals surface area (Å²) in [6.45, 7) is 1.91. The summed E-state index contributed by atoms with van der Waals surface area (Å²) in [5.74, 6) is 0. The number of nitrogens with zero attached hydrogens (tertiary/aromatic N) is 2. The number of nitrogens with two attached hydrogens (primary N) is 1. The van der Waals surface area contributed by atoms with Crippen LogP contribution in [0.1, 0.15) is 22.2 Å². The number of hydrogen-bond donors (Lipinski definition) is 1. The Morgan fingerprint density at radius 1 is 1.35 bits per heavy atom. The molecule has 0 amide bonds. The molecule has 6 heteroatoms. The number of aromatic nitrogens is 2. The summed E-state index contributed by atoms with van der Waals surface area (Å²) in [6, 6.07) is 5.45. The van der Waals surface area contributed by atoms with E-state index in [0.29, 0.717) is 16.5 Å². The van der Waals surface area contributed by atoms with Gasteiger partial charge in [0.15, 0.2) is 0 Å². The van der Waals surface area contributed by atoms with E-state index in [1.165, 1.54) is 11.5 Å². The minimum Gasteiger partial charge on any atom is -0.323 e. The molecular formula is C11H11Cl2N3S. The van der Waals surface area contributed by atoms with Crippen molar-refractivity contribution >= 4 is 34.7 Å². The van der Waals surface area contributed by atoms with E-state index in [9.17, 15) is 0 Å². The monoisotopic (exact) mass is 287 g/mol. The van der Waals surface area contributed by atoms with Gasteiger partial charge < -0.3 is 5.73 Å². The van der Waals surface area contributed by atoms with Crippen molar-refractivity contribution in [2.24, 2.45) is 5.73 Å². The highest BCUT2D eigenvalue weighted by molar-refractivity contribution is 7.05. The first-order valence-electron chi connectivity index (χ1n) is 5.06. The molecule has 2 N–H and O–H groups in total. The molecular weight excluding hydrogens is 277 g/mol. The molecule has 17 heavy (non-hydrogen) atoms. The maximum atomic E-state index is 6.11. The second-order valence-corrected chi connectivity index (χ2v) is 5.38. The number of rotatable bonds is 3. The average Bonchev–Trinajstić information content (AvgIpc) is 2.70. The van der Waals surface area contributed by atoms with Crippen molar-refractivity contribution in [2.75, 3.05) is 0 Å². The molecule has 1 heterocycles. The molecule has 1 aromatic carbocycles. The summed E-state index contributed by atoms with van der Waals surface area (Å²) in [7, 11) is 0. The summed E-state index contributed by atoms with van der Waals surface area (Å²) in [4.78, 5) is 1.01. The third kappa shape index (κ3) is 2.96. The molecule has 0 saturated heterocycles. The van der Waals surface area contributed by atoms with Gasteiger partial charge >= 0.3 is 0 Å². The Morgan fingerprint density at radius 2 is 2.12 bits per heavy atom. The van der Waals surface area contributed by atoms with Crippen LogP contribution >= 0.6 is 34.7 Å². The van der Waals surface area contributed by atoms with Crippen LogP contribution in [0.3, 0.4) is 0 Å². The molecule has 0 spiro atoms. The molecule has 0 aliphatic heterocycles. The smallest absolute Gasteiger partial charge is 0.0772 e. The van der Waals surface area contributed by atoms with Crippen molar-refractivity contribution in [3.63, 3.8) is 0 Å². The molecule has 1 atom stereocenters. The van der Waals surface area contributed by atoms with Gasteiger partial charge in [0.25, 0.3) is 0 Å². The summed E-state index contributed by atoms with van der Waals surface area (Å²) in [5.41, 5.74) is 8.06. The molecule has 1 unspecified atom stereocenters. The summed E-state index contributed by atoms with van der Waals surface area (Å²) < 4.78 is 3.88. The molecule has 1 aromatic heterocycles. The van der Waals surface area contributed by atoms with Gasteiger partial charge in [-0.15, -0.1) is 5.10 Å². The first kappa shape index (κ1) is 12.8. The molecule has 0 aliphatic carbocycles. The fourth-order valence-electron chi connectivity index (χ4n) is 1.59. The lowest BCUT2D eigenvalue weighted by Gasteiger charge is -2.10. The maximum Gasteiger partial charge on any atom is 0.0772 e. The molecule has 0 saturated carbocycles. The van der Waals surface area contributed by atoms with E-state index in [4.69, 9.17) is 28.9 Å². The fourth-order valence-corrected chi connectivity index (χ4v) is 2.55. The lowest BCUT2D eigenvalue weighted by Crippen LogP contribution is -2.13. The van der Waals surface area contributed by atoms with E-state index in [1.807, 2.05) is 19.1 Å². The van der Waals surface area contributed by atoms with Crippen molar-refractivity contribution in [3.05, 3.63) is 44.4 Å². The zero-order valence-corrected chi connectivity index (χ0v) is 11.5. The van der Waals surface area contributed by atoms with Crippen LogP contribution in [0.5, 0.6) is 0 Å². The van der Waals surface area contributed by atoms with Gasteiger partial charge in [-0.1, -0.05) is 33.8 Å². The van der Waals surface area contributed by atoms with Crippen molar-refractivity contribution in [2.45, 2.75) is 19.4 Å². The van der Waals surface area contributed by atoms with Gasteiger partial charge in [0, 0.05) is 6.04 Å². The molecule has 2 aromatic rings. The normalized spacial score (nSPS) is 12.7. The first-order valence-corrected chi connectivity index (χ1v) is 6.59. The average molecular weight is 288 g/mol. The molecule has 0 radical (unpaired) electrons. The Bertz CT molecular complexity index is 527. The summed E-state index contributed by atoms with van der Waals surface area (Å²) >= 11 is 13.2. The zero-order valence-electron chi connectivity index (χ0n) is 9.15. The van der Waals surface area contributed by atoms with Crippen molar-refractivity contribution in [1.29, 1.82) is 0 Å². The second-order valence-electron chi connectivity index (χ2n) is 3.78. The fraction of sp³-hybridized carbons (Fsp3) is 0.273. The van der Waals surface area contributed by atoms with Crippen molar-refractivity contribution in [1.82, 2.24) is 9.59 Å². The minimum absolute atomic E-state index is 0.104. The SMILES string of the molecule is Cc1nnsc1C(N)Cc1ccc(Cl)c(Cl)c1. The molecule has 0 fully saturated rings. The van der Waals surface area contributed by atoms with E-state index in [2.05, 4.69) is 9.59 Å². The summed E-state index contributed by atoms with van der Waals surface area (Å²) in [6.07, 6.45) is 0.696. The first-order chi connectivity index (χ1) is 8.08. The van der Waals surface area contributed by atoms with Gasteiger partial charge in [0.2, 0.25) is 0 Å². The second kappa shape index (κ2) is 5.31. The standard InChI is InChI=1S/C11H11Cl2N3S/c1-6-11(17-16-15-6)10(14)5-7-2-3-8(12)9(13)4-7/h2-4,10H,5,14H2,1H3. The van der Waals surface area contributed by atoms with Gasteiger partial charge in [-0.3, -0.25) is 0 Å². The van der Waals surface area contributed by atoms with Crippen LogP contribution in [0, 0.1) is 6.92 Å². The largest absolute Gasteiger partial charge is 0.323 e. The Balaban J connectivity index is 2.16. The highest BCUT2D eigenvalue weighted by Crippen LogP contribution is 2.26. The van der Waals surface area contributed by atoms with E-state index >= 15 is 0 Å². The lowest BCUT2D eigenvalue weighted by molar-refractivity contribution is 0.728. The van der Waals surface area contributed by atoms with E-state index in [0.717, 1.165) is 16.1 Å². The van der Waals surface area contributed by atoms with Crippen LogP contribution in [-0.2, 0) is 6.42 Å². The quantitative estimate of drug-likeness (QED) is 0.941. The van der Waals surface area contributed by atoms with Gasteiger partial charge in [0.05, 0.1) is 20.6 Å². The van der Waals surface area contributed by atoms with E-state index < -0.39 is 0 Å². The predicted octanol–water partition coefficient (Wildman–Crippen LogP) is 3.40. The Kier molecular flexibility index (Phi) is 3.99. The van der Waals surface area contributed by atoms with Gasteiger partial charge in [-0.25, -0.2) is 0 Å². The molecule has 3 nitrogen and oxygen atoms in total. The van der Waals surface area contributed by atoms with Gasteiger partial charge in [-0.05, 0) is 42.6 Å². The lowest BCUT2D eigenvalue weighted by atomic mass is 10.0. The number of benzene rings is 1. The third-order valence-corrected chi connectivity index (χ3v) is 4.16. The van der Waals surface area contributed by atoms with E-state index in [1.54, 1.807) is 6.07 Å². The van der Waals surface area contributed by atoms with Crippen LogP contribution in [-0.4, -0.2) is 9.59 Å². The Labute approximate surface area is 114 Å². The molecule has 2 rings (SSSR count). The van der Waals surface area contributed by atoms with Crippen LogP contribution < -0.4 is 5.73 Å². The van der Waals surface area contributed by atoms with Gasteiger partial charge in [0.1, 0.15) is 0 Å². The number of hydrogen-bond acceptors (Lipinski definition) is 4. The van der Waals surface area contributed by atoms with Gasteiger partial charge in [-0.2, -0.15) is 0 Å². The molecule has 0 aliphatic rings. The van der Waals surface area contributed by atoms with Crippen molar-refractivity contribution < 1.29 is 0 Å². The number of halogens is 2. The Morgan fingerprint density at radius 3 is 2.71 bits per heavy atom. The van der Waals surface area contributed by atoms with Crippen LogP contribution in [0.2, 0.25) is 10.0 Å². The highest BCUT2D eigenvalue weighted by Gasteiger charge is 2.13. The molecule has 90 valence electrons. The zero-order chi connectivity index (χ0) is 12.4. The Hall–Kier alpha value is -0.680. The number of aryl methyl sites for hydroxylation is 1. The van der Waals surface area contributed by atoms with Crippen LogP contribution in [0.15, 0.2) is 18.2 Å². The maximum absolute atomic E-state index is 6.11. The molecule has 0 bridgehead atoms. The minimum atomic E-state index is -0.104. The third-order valence-electron chi connectivity index (χ3n) is 2.46.